The van der Waals surface area contributed by atoms with Gasteiger partial charge in [0.15, 0.2) is 6.04 Å². The van der Waals surface area contributed by atoms with Crippen molar-refractivity contribution in [3.8, 4) is 0 Å². The predicted molar refractivity (Wildman–Crippen MR) is 59.2 cm³/mol. The number of aliphatic carboxylic acids is 2. The molecule has 6 heteroatoms. The smallest absolute Gasteiger partial charge is 0.353 e. The van der Waals surface area contributed by atoms with Gasteiger partial charge in [0.2, 0.25) is 0 Å². The Hall–Kier alpha value is -2.50. The van der Waals surface area contributed by atoms with Gasteiger partial charge in [0.05, 0.1) is 5.69 Å². The minimum atomic E-state index is -1.19. The van der Waals surface area contributed by atoms with Crippen molar-refractivity contribution in [2.24, 2.45) is 0 Å². The summed E-state index contributed by atoms with van der Waals surface area (Å²) in [6, 6.07) is 7.65. The lowest BCUT2D eigenvalue weighted by Crippen LogP contribution is -2.43. The molecule has 0 saturated heterocycles. The van der Waals surface area contributed by atoms with Gasteiger partial charge in [-0.05, 0) is 18.2 Å². The SMILES string of the molecule is O=C(O)C1=CC(C(=O)O)N(c2ccccc2)N1. The molecule has 0 fully saturated rings. The first-order chi connectivity index (χ1) is 8.09. The zero-order valence-electron chi connectivity index (χ0n) is 8.70. The molecule has 3 N–H and O–H groups in total. The molecule has 1 aromatic rings. The molecule has 17 heavy (non-hydrogen) atoms. The second-order valence-electron chi connectivity index (χ2n) is 3.49. The summed E-state index contributed by atoms with van der Waals surface area (Å²) >= 11 is 0. The first kappa shape index (κ1) is 11.0. The fraction of sp³-hybridized carbons (Fsp3) is 0.0909. The molecule has 2 rings (SSSR count). The Morgan fingerprint density at radius 1 is 1.18 bits per heavy atom. The van der Waals surface area contributed by atoms with Gasteiger partial charge in [-0.1, -0.05) is 18.2 Å². The maximum absolute atomic E-state index is 11.0. The van der Waals surface area contributed by atoms with Crippen LogP contribution in [0, 0.1) is 0 Å². The van der Waals surface area contributed by atoms with Crippen molar-refractivity contribution < 1.29 is 19.8 Å². The van der Waals surface area contributed by atoms with Crippen LogP contribution in [0.25, 0.3) is 0 Å². The second-order valence-corrected chi connectivity index (χ2v) is 3.49. The number of para-hydroxylation sites is 1. The number of nitrogens with zero attached hydrogens (tertiary/aromatic N) is 1. The van der Waals surface area contributed by atoms with Crippen LogP contribution >= 0.6 is 0 Å². The van der Waals surface area contributed by atoms with Crippen molar-refractivity contribution in [2.75, 3.05) is 5.01 Å². The van der Waals surface area contributed by atoms with Crippen LogP contribution in [0.5, 0.6) is 0 Å². The van der Waals surface area contributed by atoms with E-state index in [1.165, 1.54) is 5.01 Å². The largest absolute Gasteiger partial charge is 0.479 e. The molecule has 1 aliphatic heterocycles. The Labute approximate surface area is 96.8 Å². The summed E-state index contributed by atoms with van der Waals surface area (Å²) in [6.45, 7) is 0. The van der Waals surface area contributed by atoms with Crippen LogP contribution in [-0.2, 0) is 9.59 Å². The molecule has 1 aliphatic rings. The van der Waals surface area contributed by atoms with Crippen molar-refractivity contribution in [1.29, 1.82) is 0 Å². The summed E-state index contributed by atoms with van der Waals surface area (Å²) < 4.78 is 0. The van der Waals surface area contributed by atoms with E-state index in [1.54, 1.807) is 30.3 Å². The predicted octanol–water partition coefficient (Wildman–Crippen LogP) is 0.433. The molecular weight excluding hydrogens is 224 g/mol. The second kappa shape index (κ2) is 4.17. The Morgan fingerprint density at radius 2 is 1.82 bits per heavy atom. The van der Waals surface area contributed by atoms with Crippen molar-refractivity contribution in [2.45, 2.75) is 6.04 Å². The molecule has 0 radical (unpaired) electrons. The molecule has 0 aromatic heterocycles. The van der Waals surface area contributed by atoms with E-state index < -0.39 is 18.0 Å². The Kier molecular flexibility index (Phi) is 2.70. The Balaban J connectivity index is 2.31. The number of carbonyl (C=O) groups is 2. The highest BCUT2D eigenvalue weighted by atomic mass is 16.4. The van der Waals surface area contributed by atoms with E-state index in [9.17, 15) is 9.59 Å². The van der Waals surface area contributed by atoms with Crippen molar-refractivity contribution in [3.63, 3.8) is 0 Å². The third kappa shape index (κ3) is 2.05. The lowest BCUT2D eigenvalue weighted by atomic mass is 10.2. The van der Waals surface area contributed by atoms with Gasteiger partial charge >= 0.3 is 11.9 Å². The maximum atomic E-state index is 11.0. The number of hydrazine groups is 1. The average molecular weight is 234 g/mol. The normalized spacial score (nSPS) is 18.5. The molecule has 0 saturated carbocycles. The topological polar surface area (TPSA) is 89.9 Å². The van der Waals surface area contributed by atoms with E-state index in [-0.39, 0.29) is 5.70 Å². The summed E-state index contributed by atoms with van der Waals surface area (Å²) in [6.07, 6.45) is 1.16. The van der Waals surface area contributed by atoms with E-state index in [4.69, 9.17) is 10.2 Å². The van der Waals surface area contributed by atoms with E-state index in [1.807, 2.05) is 0 Å². The number of carboxylic acid groups (broad SMARTS) is 2. The number of nitrogens with one attached hydrogen (secondary N) is 1. The van der Waals surface area contributed by atoms with Gasteiger partial charge in [0.1, 0.15) is 5.70 Å². The molecule has 0 spiro atoms. The zero-order valence-corrected chi connectivity index (χ0v) is 8.70. The van der Waals surface area contributed by atoms with Crippen LogP contribution in [0.2, 0.25) is 0 Å². The number of carboxylic acids is 2. The van der Waals surface area contributed by atoms with Gasteiger partial charge in [-0.3, -0.25) is 10.4 Å². The van der Waals surface area contributed by atoms with Gasteiger partial charge in [-0.2, -0.15) is 0 Å². The van der Waals surface area contributed by atoms with Gasteiger partial charge in [-0.25, -0.2) is 9.59 Å². The minimum absolute atomic E-state index is 0.138. The number of hydrogen-bond acceptors (Lipinski definition) is 4. The number of anilines is 1. The lowest BCUT2D eigenvalue weighted by Gasteiger charge is -2.23. The monoisotopic (exact) mass is 234 g/mol. The molecule has 0 amide bonds. The quantitative estimate of drug-likeness (QED) is 0.702. The number of rotatable bonds is 3. The summed E-state index contributed by atoms with van der Waals surface area (Å²) in [7, 11) is 0. The van der Waals surface area contributed by atoms with Crippen LogP contribution in [0.3, 0.4) is 0 Å². The van der Waals surface area contributed by atoms with Crippen molar-refractivity contribution in [3.05, 3.63) is 42.1 Å². The molecule has 1 aromatic carbocycles. The molecule has 1 heterocycles. The molecule has 88 valence electrons. The third-order valence-corrected chi connectivity index (χ3v) is 2.36. The number of benzene rings is 1. The average Bonchev–Trinajstić information content (AvgIpc) is 2.75. The standard InChI is InChI=1S/C11H10N2O4/c14-10(15)8-6-9(11(16)17)13(12-8)7-4-2-1-3-5-7/h1-6,9,12H,(H,14,15)(H,16,17). The van der Waals surface area contributed by atoms with Gasteiger partial charge < -0.3 is 10.2 Å². The molecule has 0 aliphatic carbocycles. The molecule has 1 unspecified atom stereocenters. The van der Waals surface area contributed by atoms with E-state index in [2.05, 4.69) is 5.43 Å². The minimum Gasteiger partial charge on any atom is -0.479 e. The van der Waals surface area contributed by atoms with E-state index in [0.717, 1.165) is 6.08 Å². The van der Waals surface area contributed by atoms with Crippen LogP contribution in [0.1, 0.15) is 0 Å². The van der Waals surface area contributed by atoms with Gasteiger partial charge in [-0.15, -0.1) is 0 Å². The van der Waals surface area contributed by atoms with Gasteiger partial charge in [0.25, 0.3) is 0 Å². The maximum Gasteiger partial charge on any atom is 0.353 e. The Morgan fingerprint density at radius 3 is 2.35 bits per heavy atom. The number of hydrogen-bond donors (Lipinski definition) is 3. The fourth-order valence-electron chi connectivity index (χ4n) is 1.58. The highest BCUT2D eigenvalue weighted by Crippen LogP contribution is 2.21. The fourth-order valence-corrected chi connectivity index (χ4v) is 1.58. The molecular formula is C11H10N2O4. The summed E-state index contributed by atoms with van der Waals surface area (Å²) in [5, 5.41) is 19.1. The lowest BCUT2D eigenvalue weighted by molar-refractivity contribution is -0.137. The highest BCUT2D eigenvalue weighted by molar-refractivity contribution is 5.92. The molecule has 1 atom stereocenters. The van der Waals surface area contributed by atoms with Crippen molar-refractivity contribution >= 4 is 17.6 Å². The van der Waals surface area contributed by atoms with Crippen molar-refractivity contribution in [1.82, 2.24) is 5.43 Å². The first-order valence-corrected chi connectivity index (χ1v) is 4.88. The van der Waals surface area contributed by atoms with Crippen LogP contribution < -0.4 is 10.4 Å². The molecule has 6 nitrogen and oxygen atoms in total. The van der Waals surface area contributed by atoms with E-state index in [0.29, 0.717) is 5.69 Å². The highest BCUT2D eigenvalue weighted by Gasteiger charge is 2.32. The summed E-state index contributed by atoms with van der Waals surface area (Å²) in [5.74, 6) is -2.30. The summed E-state index contributed by atoms with van der Waals surface area (Å²) in [5.41, 5.74) is 3.00. The van der Waals surface area contributed by atoms with Gasteiger partial charge in [0, 0.05) is 0 Å². The van der Waals surface area contributed by atoms with Crippen LogP contribution in [-0.4, -0.2) is 28.2 Å². The van der Waals surface area contributed by atoms with Crippen LogP contribution in [0.15, 0.2) is 42.1 Å². The third-order valence-electron chi connectivity index (χ3n) is 2.36. The summed E-state index contributed by atoms with van der Waals surface area (Å²) in [4.78, 5) is 21.8. The first-order valence-electron chi connectivity index (χ1n) is 4.88. The zero-order chi connectivity index (χ0) is 12.4. The van der Waals surface area contributed by atoms with Crippen LogP contribution in [0.4, 0.5) is 5.69 Å². The Bertz CT molecular complexity index is 484. The molecule has 0 bridgehead atoms. The van der Waals surface area contributed by atoms with E-state index >= 15 is 0 Å².